The Balaban J connectivity index is 2.36. The lowest BCUT2D eigenvalue weighted by Crippen LogP contribution is -2.22. The van der Waals surface area contributed by atoms with Crippen LogP contribution < -0.4 is 5.56 Å². The van der Waals surface area contributed by atoms with Crippen LogP contribution in [0.25, 0.3) is 16.5 Å². The third-order valence-electron chi connectivity index (χ3n) is 3.46. The average molecular weight is 265 g/mol. The summed E-state index contributed by atoms with van der Waals surface area (Å²) in [5.74, 6) is 0. The number of aryl methyl sites for hydroxylation is 1. The molecule has 0 unspecified atom stereocenters. The number of aromatic nitrogens is 1. The fourth-order valence-corrected chi connectivity index (χ4v) is 2.41. The highest BCUT2D eigenvalue weighted by atomic mass is 16.3. The van der Waals surface area contributed by atoms with Gasteiger partial charge in [0.1, 0.15) is 0 Å². The molecule has 20 heavy (non-hydrogen) atoms. The van der Waals surface area contributed by atoms with E-state index >= 15 is 0 Å². The quantitative estimate of drug-likeness (QED) is 0.774. The Kier molecular flexibility index (Phi) is 3.12. The summed E-state index contributed by atoms with van der Waals surface area (Å²) in [6.07, 6.45) is 0. The molecule has 1 N–H and O–H groups in total. The van der Waals surface area contributed by atoms with Crippen molar-refractivity contribution in [1.82, 2.24) is 4.57 Å². The van der Waals surface area contributed by atoms with Gasteiger partial charge in [0.25, 0.3) is 5.56 Å². The van der Waals surface area contributed by atoms with Gasteiger partial charge in [0.2, 0.25) is 0 Å². The van der Waals surface area contributed by atoms with Gasteiger partial charge in [-0.05, 0) is 36.6 Å². The smallest absolute Gasteiger partial charge is 0.263 e. The maximum atomic E-state index is 12.6. The van der Waals surface area contributed by atoms with E-state index < -0.39 is 0 Å². The molecule has 100 valence electrons. The molecule has 1 aromatic heterocycles. The van der Waals surface area contributed by atoms with E-state index in [1.165, 1.54) is 0 Å². The number of nitrogens with zero attached hydrogens (tertiary/aromatic N) is 1. The number of aliphatic hydroxyl groups is 1. The first-order valence-electron chi connectivity index (χ1n) is 6.52. The molecule has 0 aliphatic carbocycles. The molecule has 0 radical (unpaired) electrons. The second-order valence-corrected chi connectivity index (χ2v) is 4.86. The van der Waals surface area contributed by atoms with E-state index in [9.17, 15) is 9.90 Å². The van der Waals surface area contributed by atoms with E-state index in [1.807, 2.05) is 61.5 Å². The van der Waals surface area contributed by atoms with Crippen molar-refractivity contribution in [2.75, 3.05) is 0 Å². The molecular formula is C17H15NO2. The average Bonchev–Trinajstić information content (AvgIpc) is 2.48. The Bertz CT molecular complexity index is 817. The van der Waals surface area contributed by atoms with Crippen molar-refractivity contribution in [2.24, 2.45) is 0 Å². The summed E-state index contributed by atoms with van der Waals surface area (Å²) in [7, 11) is 0. The van der Waals surface area contributed by atoms with E-state index in [0.717, 1.165) is 16.6 Å². The zero-order valence-electron chi connectivity index (χ0n) is 11.2. The molecule has 0 saturated heterocycles. The summed E-state index contributed by atoms with van der Waals surface area (Å²) in [5.41, 5.74) is 2.40. The molecule has 3 nitrogen and oxygen atoms in total. The molecular weight excluding hydrogens is 250 g/mol. The molecule has 0 aliphatic rings. The van der Waals surface area contributed by atoms with Crippen molar-refractivity contribution in [2.45, 2.75) is 13.5 Å². The Hall–Kier alpha value is -2.39. The van der Waals surface area contributed by atoms with Crippen LogP contribution in [0.5, 0.6) is 0 Å². The molecule has 0 spiro atoms. The van der Waals surface area contributed by atoms with Crippen LogP contribution in [0.1, 0.15) is 11.3 Å². The highest BCUT2D eigenvalue weighted by molar-refractivity contribution is 5.82. The van der Waals surface area contributed by atoms with Gasteiger partial charge < -0.3 is 5.11 Å². The topological polar surface area (TPSA) is 42.2 Å². The van der Waals surface area contributed by atoms with Gasteiger partial charge in [-0.15, -0.1) is 0 Å². The summed E-state index contributed by atoms with van der Waals surface area (Å²) < 4.78 is 1.57. The predicted molar refractivity (Wildman–Crippen MR) is 80.2 cm³/mol. The number of fused-ring (bicyclic) bond motifs is 1. The number of benzene rings is 2. The number of hydrogen-bond donors (Lipinski definition) is 1. The van der Waals surface area contributed by atoms with E-state index in [2.05, 4.69) is 0 Å². The van der Waals surface area contributed by atoms with Gasteiger partial charge in [0, 0.05) is 11.1 Å². The largest absolute Gasteiger partial charge is 0.390 e. The first-order chi connectivity index (χ1) is 9.70. The van der Waals surface area contributed by atoms with Crippen molar-refractivity contribution in [3.63, 3.8) is 0 Å². The number of pyridine rings is 1. The lowest BCUT2D eigenvalue weighted by molar-refractivity contribution is 0.273. The van der Waals surface area contributed by atoms with Gasteiger partial charge in [0.15, 0.2) is 0 Å². The molecule has 0 saturated carbocycles. The van der Waals surface area contributed by atoms with Gasteiger partial charge in [-0.1, -0.05) is 35.9 Å². The van der Waals surface area contributed by atoms with Crippen molar-refractivity contribution in [3.05, 3.63) is 76.2 Å². The van der Waals surface area contributed by atoms with Gasteiger partial charge in [-0.25, -0.2) is 0 Å². The van der Waals surface area contributed by atoms with Gasteiger partial charge in [0.05, 0.1) is 12.3 Å². The highest BCUT2D eigenvalue weighted by Gasteiger charge is 2.09. The standard InChI is InChI=1S/C17H15NO2/c1-12-6-8-14(9-7-12)18-15(11-19)10-13-4-2-3-5-16(13)17(18)20/h2-10,19H,11H2,1H3. The Morgan fingerprint density at radius 2 is 1.75 bits per heavy atom. The van der Waals surface area contributed by atoms with Crippen molar-refractivity contribution >= 4 is 10.8 Å². The number of rotatable bonds is 2. The number of aliphatic hydroxyl groups excluding tert-OH is 1. The van der Waals surface area contributed by atoms with E-state index in [0.29, 0.717) is 11.1 Å². The molecule has 1 heterocycles. The van der Waals surface area contributed by atoms with Gasteiger partial charge in [-0.3, -0.25) is 9.36 Å². The number of hydrogen-bond acceptors (Lipinski definition) is 2. The molecule has 3 heteroatoms. The van der Waals surface area contributed by atoms with Crippen LogP contribution in [0.4, 0.5) is 0 Å². The fourth-order valence-electron chi connectivity index (χ4n) is 2.41. The van der Waals surface area contributed by atoms with Crippen LogP contribution >= 0.6 is 0 Å². The summed E-state index contributed by atoms with van der Waals surface area (Å²) >= 11 is 0. The molecule has 0 aliphatic heterocycles. The summed E-state index contributed by atoms with van der Waals surface area (Å²) in [4.78, 5) is 12.6. The zero-order valence-corrected chi connectivity index (χ0v) is 11.2. The van der Waals surface area contributed by atoms with Crippen molar-refractivity contribution in [3.8, 4) is 5.69 Å². The molecule has 3 rings (SSSR count). The normalized spacial score (nSPS) is 10.9. The molecule has 0 atom stereocenters. The third kappa shape index (κ3) is 2.02. The Morgan fingerprint density at radius 3 is 2.45 bits per heavy atom. The first-order valence-corrected chi connectivity index (χ1v) is 6.52. The molecule has 0 amide bonds. The lowest BCUT2D eigenvalue weighted by atomic mass is 10.1. The molecule has 0 fully saturated rings. The van der Waals surface area contributed by atoms with Crippen LogP contribution in [-0.2, 0) is 6.61 Å². The van der Waals surface area contributed by atoms with E-state index in [-0.39, 0.29) is 12.2 Å². The fraction of sp³-hybridized carbons (Fsp3) is 0.118. The maximum absolute atomic E-state index is 12.6. The molecule has 0 bridgehead atoms. The highest BCUT2D eigenvalue weighted by Crippen LogP contribution is 2.16. The Labute approximate surface area is 116 Å². The van der Waals surface area contributed by atoms with Crippen LogP contribution in [0.2, 0.25) is 0 Å². The zero-order chi connectivity index (χ0) is 14.1. The third-order valence-corrected chi connectivity index (χ3v) is 3.46. The van der Waals surface area contributed by atoms with Crippen molar-refractivity contribution in [1.29, 1.82) is 0 Å². The summed E-state index contributed by atoms with van der Waals surface area (Å²) in [5, 5.41) is 11.1. The minimum atomic E-state index is -0.173. The Morgan fingerprint density at radius 1 is 1.05 bits per heavy atom. The predicted octanol–water partition coefficient (Wildman–Crippen LogP) is 2.79. The van der Waals surface area contributed by atoms with Crippen molar-refractivity contribution < 1.29 is 5.11 Å². The SMILES string of the molecule is Cc1ccc(-n2c(CO)cc3ccccc3c2=O)cc1. The minimum Gasteiger partial charge on any atom is -0.390 e. The van der Waals surface area contributed by atoms with Crippen LogP contribution in [-0.4, -0.2) is 9.67 Å². The monoisotopic (exact) mass is 265 g/mol. The molecule has 3 aromatic rings. The lowest BCUT2D eigenvalue weighted by Gasteiger charge is -2.13. The summed E-state index contributed by atoms with van der Waals surface area (Å²) in [6.45, 7) is 1.83. The van der Waals surface area contributed by atoms with Gasteiger partial charge in [-0.2, -0.15) is 0 Å². The van der Waals surface area contributed by atoms with Gasteiger partial charge >= 0.3 is 0 Å². The minimum absolute atomic E-state index is 0.101. The van der Waals surface area contributed by atoms with E-state index in [1.54, 1.807) is 4.57 Å². The van der Waals surface area contributed by atoms with Crippen LogP contribution in [0, 0.1) is 6.92 Å². The van der Waals surface area contributed by atoms with E-state index in [4.69, 9.17) is 0 Å². The summed E-state index contributed by atoms with van der Waals surface area (Å²) in [6, 6.07) is 17.0. The van der Waals surface area contributed by atoms with Crippen LogP contribution in [0.3, 0.4) is 0 Å². The molecule has 2 aromatic carbocycles. The first kappa shape index (κ1) is 12.6. The van der Waals surface area contributed by atoms with Crippen LogP contribution in [0.15, 0.2) is 59.4 Å². The second-order valence-electron chi connectivity index (χ2n) is 4.86. The maximum Gasteiger partial charge on any atom is 0.263 e. The second kappa shape index (κ2) is 4.94.